The van der Waals surface area contributed by atoms with Gasteiger partial charge < -0.3 is 10.4 Å². The van der Waals surface area contributed by atoms with Crippen LogP contribution in [0.1, 0.15) is 42.7 Å². The van der Waals surface area contributed by atoms with E-state index in [1.165, 1.54) is 23.8 Å². The van der Waals surface area contributed by atoms with Crippen LogP contribution in [-0.2, 0) is 22.6 Å². The summed E-state index contributed by atoms with van der Waals surface area (Å²) in [6, 6.07) is 7.31. The number of amides is 1. The molecule has 1 aliphatic rings. The predicted octanol–water partition coefficient (Wildman–Crippen LogP) is 1.75. The second kappa shape index (κ2) is 7.92. The molecule has 0 radical (unpaired) electrons. The van der Waals surface area contributed by atoms with E-state index in [1.807, 2.05) is 12.1 Å². The smallest absolute Gasteiger partial charge is 0.326 e. The third-order valence-corrected chi connectivity index (χ3v) is 4.68. The monoisotopic (exact) mass is 342 g/mol. The average Bonchev–Trinajstić information content (AvgIpc) is 3.13. The summed E-state index contributed by atoms with van der Waals surface area (Å²) in [4.78, 5) is 27.5. The SMILES string of the molecule is O=C(CCn1cncn1)NC(CC1CCCc2ccccc21)C(=O)O. The first-order valence-corrected chi connectivity index (χ1v) is 8.56. The molecule has 1 aromatic heterocycles. The molecule has 3 rings (SSSR count). The zero-order chi connectivity index (χ0) is 17.6. The highest BCUT2D eigenvalue weighted by Crippen LogP contribution is 2.34. The highest BCUT2D eigenvalue weighted by Gasteiger charge is 2.28. The van der Waals surface area contributed by atoms with E-state index in [1.54, 1.807) is 4.68 Å². The van der Waals surface area contributed by atoms with Crippen molar-refractivity contribution in [3.05, 3.63) is 48.0 Å². The maximum Gasteiger partial charge on any atom is 0.326 e. The van der Waals surface area contributed by atoms with Crippen LogP contribution in [0.25, 0.3) is 0 Å². The van der Waals surface area contributed by atoms with Gasteiger partial charge in [-0.15, -0.1) is 0 Å². The Bertz CT molecular complexity index is 730. The number of benzene rings is 1. The molecule has 0 bridgehead atoms. The van der Waals surface area contributed by atoms with Gasteiger partial charge in [-0.25, -0.2) is 9.78 Å². The maximum atomic E-state index is 12.1. The molecule has 0 saturated heterocycles. The van der Waals surface area contributed by atoms with Crippen LogP contribution in [0.15, 0.2) is 36.9 Å². The molecule has 1 aliphatic carbocycles. The van der Waals surface area contributed by atoms with Gasteiger partial charge in [-0.2, -0.15) is 5.10 Å². The Hall–Kier alpha value is -2.70. The minimum absolute atomic E-state index is 0.168. The number of aliphatic carboxylic acids is 1. The van der Waals surface area contributed by atoms with Crippen LogP contribution in [0.3, 0.4) is 0 Å². The van der Waals surface area contributed by atoms with Crippen LogP contribution in [-0.4, -0.2) is 37.8 Å². The van der Waals surface area contributed by atoms with E-state index in [0.717, 1.165) is 19.3 Å². The number of rotatable bonds is 7. The minimum Gasteiger partial charge on any atom is -0.480 e. The van der Waals surface area contributed by atoms with Crippen molar-refractivity contribution in [3.8, 4) is 0 Å². The highest BCUT2D eigenvalue weighted by molar-refractivity contribution is 5.83. The zero-order valence-electron chi connectivity index (χ0n) is 14.0. The van der Waals surface area contributed by atoms with Gasteiger partial charge in [0.25, 0.3) is 0 Å². The molecule has 2 atom stereocenters. The molecule has 25 heavy (non-hydrogen) atoms. The number of carbonyl (C=O) groups excluding carboxylic acids is 1. The lowest BCUT2D eigenvalue weighted by molar-refractivity contribution is -0.142. The summed E-state index contributed by atoms with van der Waals surface area (Å²) < 4.78 is 1.55. The van der Waals surface area contributed by atoms with Gasteiger partial charge in [-0.3, -0.25) is 9.48 Å². The van der Waals surface area contributed by atoms with Gasteiger partial charge in [0.05, 0.1) is 6.54 Å². The molecule has 0 fully saturated rings. The Morgan fingerprint density at radius 3 is 2.96 bits per heavy atom. The van der Waals surface area contributed by atoms with Crippen LogP contribution in [0.4, 0.5) is 0 Å². The summed E-state index contributed by atoms with van der Waals surface area (Å²) in [5, 5.41) is 16.1. The Morgan fingerprint density at radius 2 is 2.20 bits per heavy atom. The summed E-state index contributed by atoms with van der Waals surface area (Å²) in [6.07, 6.45) is 6.56. The number of aryl methyl sites for hydroxylation is 2. The van der Waals surface area contributed by atoms with Crippen molar-refractivity contribution in [2.45, 2.75) is 50.6 Å². The van der Waals surface area contributed by atoms with Gasteiger partial charge in [0.15, 0.2) is 0 Å². The van der Waals surface area contributed by atoms with Gasteiger partial charge in [-0.1, -0.05) is 24.3 Å². The molecule has 1 heterocycles. The van der Waals surface area contributed by atoms with Crippen LogP contribution >= 0.6 is 0 Å². The fraction of sp³-hybridized carbons (Fsp3) is 0.444. The lowest BCUT2D eigenvalue weighted by Crippen LogP contribution is -2.42. The van der Waals surface area contributed by atoms with Crippen molar-refractivity contribution >= 4 is 11.9 Å². The Morgan fingerprint density at radius 1 is 1.36 bits per heavy atom. The molecular weight excluding hydrogens is 320 g/mol. The summed E-state index contributed by atoms with van der Waals surface area (Å²) >= 11 is 0. The molecule has 1 amide bonds. The minimum atomic E-state index is -0.989. The molecule has 2 aromatic rings. The molecule has 1 aromatic carbocycles. The van der Waals surface area contributed by atoms with Crippen molar-refractivity contribution in [3.63, 3.8) is 0 Å². The molecule has 2 unspecified atom stereocenters. The first kappa shape index (κ1) is 17.1. The predicted molar refractivity (Wildman–Crippen MR) is 90.9 cm³/mol. The van der Waals surface area contributed by atoms with E-state index >= 15 is 0 Å². The largest absolute Gasteiger partial charge is 0.480 e. The van der Waals surface area contributed by atoms with Crippen molar-refractivity contribution in [1.29, 1.82) is 0 Å². The highest BCUT2D eigenvalue weighted by atomic mass is 16.4. The van der Waals surface area contributed by atoms with E-state index in [-0.39, 0.29) is 18.2 Å². The van der Waals surface area contributed by atoms with Gasteiger partial charge in [-0.05, 0) is 42.7 Å². The Balaban J connectivity index is 1.60. The maximum absolute atomic E-state index is 12.1. The lowest BCUT2D eigenvalue weighted by Gasteiger charge is -2.28. The van der Waals surface area contributed by atoms with E-state index in [0.29, 0.717) is 13.0 Å². The fourth-order valence-electron chi connectivity index (χ4n) is 3.44. The van der Waals surface area contributed by atoms with E-state index in [4.69, 9.17) is 0 Å². The third-order valence-electron chi connectivity index (χ3n) is 4.68. The summed E-state index contributed by atoms with van der Waals surface area (Å²) in [6.45, 7) is 0.379. The summed E-state index contributed by atoms with van der Waals surface area (Å²) in [7, 11) is 0. The van der Waals surface area contributed by atoms with Crippen molar-refractivity contribution in [2.24, 2.45) is 0 Å². The second-order valence-electron chi connectivity index (χ2n) is 6.39. The second-order valence-corrected chi connectivity index (χ2v) is 6.39. The van der Waals surface area contributed by atoms with Crippen molar-refractivity contribution in [2.75, 3.05) is 0 Å². The van der Waals surface area contributed by atoms with Gasteiger partial charge in [0.1, 0.15) is 18.7 Å². The summed E-state index contributed by atoms with van der Waals surface area (Å²) in [5.41, 5.74) is 2.51. The number of carbonyl (C=O) groups is 2. The molecule has 0 spiro atoms. The van der Waals surface area contributed by atoms with Crippen LogP contribution < -0.4 is 5.32 Å². The topological polar surface area (TPSA) is 97.1 Å². The average molecular weight is 342 g/mol. The quantitative estimate of drug-likeness (QED) is 0.799. The molecule has 132 valence electrons. The molecule has 0 aliphatic heterocycles. The van der Waals surface area contributed by atoms with Crippen molar-refractivity contribution in [1.82, 2.24) is 20.1 Å². The molecule has 2 N–H and O–H groups in total. The van der Waals surface area contributed by atoms with Gasteiger partial charge >= 0.3 is 5.97 Å². The first-order chi connectivity index (χ1) is 12.1. The zero-order valence-corrected chi connectivity index (χ0v) is 14.0. The number of nitrogens with zero attached hydrogens (tertiary/aromatic N) is 3. The van der Waals surface area contributed by atoms with Crippen LogP contribution in [0.2, 0.25) is 0 Å². The number of hydrogen-bond acceptors (Lipinski definition) is 4. The Labute approximate surface area is 146 Å². The van der Waals surface area contributed by atoms with Crippen molar-refractivity contribution < 1.29 is 14.7 Å². The number of carboxylic acid groups (broad SMARTS) is 1. The number of fused-ring (bicyclic) bond motifs is 1. The Kier molecular flexibility index (Phi) is 5.42. The molecular formula is C18H22N4O3. The number of nitrogens with one attached hydrogen (secondary N) is 1. The lowest BCUT2D eigenvalue weighted by atomic mass is 9.79. The normalized spacial score (nSPS) is 17.5. The van der Waals surface area contributed by atoms with E-state index < -0.39 is 12.0 Å². The van der Waals surface area contributed by atoms with Crippen LogP contribution in [0.5, 0.6) is 0 Å². The van der Waals surface area contributed by atoms with E-state index in [9.17, 15) is 14.7 Å². The molecule has 0 saturated carbocycles. The number of hydrogen-bond donors (Lipinski definition) is 2. The standard InChI is InChI=1S/C18H22N4O3/c23-17(8-9-22-12-19-11-20-22)21-16(18(24)25)10-14-6-3-5-13-4-1-2-7-15(13)14/h1-2,4,7,11-12,14,16H,3,5-6,8-10H2,(H,21,23)(H,24,25). The first-order valence-electron chi connectivity index (χ1n) is 8.56. The number of aromatic nitrogens is 3. The molecule has 7 heteroatoms. The third kappa shape index (κ3) is 4.43. The number of carboxylic acids is 1. The summed E-state index contributed by atoms with van der Waals surface area (Å²) in [5.74, 6) is -1.11. The molecule has 7 nitrogen and oxygen atoms in total. The fourth-order valence-corrected chi connectivity index (χ4v) is 3.44. The van der Waals surface area contributed by atoms with Gasteiger partial charge in [0.2, 0.25) is 5.91 Å². The van der Waals surface area contributed by atoms with E-state index in [2.05, 4.69) is 27.5 Å². The van der Waals surface area contributed by atoms with Crippen LogP contribution in [0, 0.1) is 0 Å². The van der Waals surface area contributed by atoms with Gasteiger partial charge in [0, 0.05) is 6.42 Å².